The van der Waals surface area contributed by atoms with Crippen molar-refractivity contribution in [3.05, 3.63) is 60.7 Å². The van der Waals surface area contributed by atoms with Crippen molar-refractivity contribution < 1.29 is 4.79 Å². The molecule has 0 aliphatic rings. The van der Waals surface area contributed by atoms with Gasteiger partial charge in [-0.1, -0.05) is 36.4 Å². The zero-order valence-corrected chi connectivity index (χ0v) is 13.1. The van der Waals surface area contributed by atoms with E-state index in [4.69, 9.17) is 0 Å². The zero-order chi connectivity index (χ0) is 14.3. The first-order valence-corrected chi connectivity index (χ1v) is 8.38. The molecule has 2 aromatic carbocycles. The summed E-state index contributed by atoms with van der Waals surface area (Å²) >= 11 is 3.59. The van der Waals surface area contributed by atoms with Gasteiger partial charge < -0.3 is 4.79 Å². The lowest BCUT2D eigenvalue weighted by Gasteiger charge is -2.26. The monoisotopic (exact) mass is 302 g/mol. The number of hydrogen-bond donors (Lipinski definition) is 0. The summed E-state index contributed by atoms with van der Waals surface area (Å²) in [5.41, 5.74) is 0. The fourth-order valence-corrected chi connectivity index (χ4v) is 4.20. The first kappa shape index (κ1) is 15.2. The summed E-state index contributed by atoms with van der Waals surface area (Å²) in [6.45, 7) is 2.16. The van der Waals surface area contributed by atoms with Crippen molar-refractivity contribution in [3.8, 4) is 0 Å². The predicted octanol–water partition coefficient (Wildman–Crippen LogP) is 4.92. The molecule has 0 N–H and O–H groups in total. The zero-order valence-electron chi connectivity index (χ0n) is 11.5. The first-order valence-electron chi connectivity index (χ1n) is 6.57. The quantitative estimate of drug-likeness (QED) is 0.534. The molecule has 0 fully saturated rings. The van der Waals surface area contributed by atoms with Gasteiger partial charge >= 0.3 is 0 Å². The molecule has 1 atom stereocenters. The van der Waals surface area contributed by atoms with Gasteiger partial charge in [-0.2, -0.15) is 0 Å². The Kier molecular flexibility index (Phi) is 5.74. The summed E-state index contributed by atoms with van der Waals surface area (Å²) in [7, 11) is 0. The number of thioether (sulfide) groups is 2. The van der Waals surface area contributed by atoms with Crippen LogP contribution in [0.4, 0.5) is 0 Å². The molecule has 0 aliphatic heterocycles. The van der Waals surface area contributed by atoms with Gasteiger partial charge in [0.1, 0.15) is 6.29 Å². The van der Waals surface area contributed by atoms with Gasteiger partial charge in [0.05, 0.1) is 0 Å². The Balaban J connectivity index is 2.03. The Labute approximate surface area is 129 Å². The third-order valence-corrected chi connectivity index (χ3v) is 5.79. The van der Waals surface area contributed by atoms with Gasteiger partial charge in [-0.15, -0.1) is 23.5 Å². The summed E-state index contributed by atoms with van der Waals surface area (Å²) in [6.07, 6.45) is 1.59. The molecular weight excluding hydrogens is 284 g/mol. The average molecular weight is 302 g/mol. The Hall–Kier alpha value is -1.19. The minimum absolute atomic E-state index is 0.0798. The van der Waals surface area contributed by atoms with Gasteiger partial charge in [-0.05, 0) is 31.2 Å². The molecule has 0 radical (unpaired) electrons. The minimum Gasteiger partial charge on any atom is -0.303 e. The highest BCUT2D eigenvalue weighted by molar-refractivity contribution is 8.04. The van der Waals surface area contributed by atoms with E-state index < -0.39 is 0 Å². The molecule has 0 saturated carbocycles. The summed E-state index contributed by atoms with van der Waals surface area (Å²) in [5.74, 6) is 0.912. The summed E-state index contributed by atoms with van der Waals surface area (Å²) in [5, 5.41) is 0. The van der Waals surface area contributed by atoms with Gasteiger partial charge in [0.2, 0.25) is 0 Å². The van der Waals surface area contributed by atoms with Crippen LogP contribution >= 0.6 is 23.5 Å². The second-order valence-corrected chi connectivity index (χ2v) is 7.55. The van der Waals surface area contributed by atoms with Crippen LogP contribution in [0.2, 0.25) is 0 Å². The summed E-state index contributed by atoms with van der Waals surface area (Å²) in [4.78, 5) is 13.5. The topological polar surface area (TPSA) is 17.1 Å². The van der Waals surface area contributed by atoms with Crippen LogP contribution in [0.1, 0.15) is 13.3 Å². The van der Waals surface area contributed by atoms with Crippen LogP contribution in [-0.2, 0) is 4.79 Å². The van der Waals surface area contributed by atoms with Crippen LogP contribution < -0.4 is 0 Å². The Morgan fingerprint density at radius 1 is 0.950 bits per heavy atom. The van der Waals surface area contributed by atoms with Crippen molar-refractivity contribution in [2.75, 3.05) is 5.75 Å². The smallest absolute Gasteiger partial charge is 0.121 e. The number of carbonyl (C=O) groups is 1. The third kappa shape index (κ3) is 4.73. The van der Waals surface area contributed by atoms with E-state index >= 15 is 0 Å². The van der Waals surface area contributed by atoms with E-state index in [0.717, 1.165) is 12.0 Å². The van der Waals surface area contributed by atoms with E-state index in [1.807, 2.05) is 36.4 Å². The van der Waals surface area contributed by atoms with Crippen molar-refractivity contribution in [2.24, 2.45) is 0 Å². The Bertz CT molecular complexity index is 527. The molecule has 20 heavy (non-hydrogen) atoms. The molecule has 2 aromatic rings. The molecule has 0 bridgehead atoms. The molecule has 1 unspecified atom stereocenters. The normalized spacial score (nSPS) is 13.7. The van der Waals surface area contributed by atoms with E-state index in [9.17, 15) is 4.79 Å². The van der Waals surface area contributed by atoms with Gasteiger partial charge in [0.15, 0.2) is 0 Å². The maximum atomic E-state index is 11.0. The first-order chi connectivity index (χ1) is 9.72. The van der Waals surface area contributed by atoms with E-state index in [1.165, 1.54) is 9.79 Å². The van der Waals surface area contributed by atoms with Crippen molar-refractivity contribution in [1.82, 2.24) is 0 Å². The number of aldehydes is 1. The summed E-state index contributed by atoms with van der Waals surface area (Å²) < 4.78 is -0.0798. The molecule has 0 spiro atoms. The number of rotatable bonds is 7. The highest BCUT2D eigenvalue weighted by atomic mass is 32.2. The average Bonchev–Trinajstić information content (AvgIpc) is 2.48. The number of hydrogen-bond acceptors (Lipinski definition) is 3. The highest BCUT2D eigenvalue weighted by Crippen LogP contribution is 2.38. The molecule has 104 valence electrons. The standard InChI is InChI=1S/C17H18OS2/c1-17(12-13-18,20-16-10-6-3-7-11-16)14-19-15-8-4-2-5-9-15/h2-11,13H,12,14H2,1H3. The molecule has 0 aromatic heterocycles. The van der Waals surface area contributed by atoms with Gasteiger partial charge in [-0.3, -0.25) is 0 Å². The second kappa shape index (κ2) is 7.55. The molecule has 2 rings (SSSR count). The lowest BCUT2D eigenvalue weighted by molar-refractivity contribution is -0.108. The van der Waals surface area contributed by atoms with Crippen molar-refractivity contribution in [3.63, 3.8) is 0 Å². The predicted molar refractivity (Wildman–Crippen MR) is 88.6 cm³/mol. The third-order valence-electron chi connectivity index (χ3n) is 2.91. The van der Waals surface area contributed by atoms with Gasteiger partial charge in [0, 0.05) is 26.7 Å². The van der Waals surface area contributed by atoms with E-state index in [2.05, 4.69) is 31.2 Å². The molecule has 0 aliphatic carbocycles. The van der Waals surface area contributed by atoms with E-state index in [0.29, 0.717) is 6.42 Å². The fourth-order valence-electron chi connectivity index (χ4n) is 1.83. The molecule has 3 heteroatoms. The highest BCUT2D eigenvalue weighted by Gasteiger charge is 2.25. The Morgan fingerprint density at radius 3 is 2.05 bits per heavy atom. The maximum Gasteiger partial charge on any atom is 0.121 e. The minimum atomic E-state index is -0.0798. The lowest BCUT2D eigenvalue weighted by Crippen LogP contribution is -2.24. The van der Waals surface area contributed by atoms with Crippen molar-refractivity contribution >= 4 is 29.8 Å². The second-order valence-electron chi connectivity index (χ2n) is 4.84. The van der Waals surface area contributed by atoms with Crippen LogP contribution in [0.3, 0.4) is 0 Å². The molecule has 0 saturated heterocycles. The molecule has 0 amide bonds. The summed E-state index contributed by atoms with van der Waals surface area (Å²) in [6, 6.07) is 20.6. The molecule has 0 heterocycles. The molecule has 1 nitrogen and oxygen atoms in total. The van der Waals surface area contributed by atoms with Crippen LogP contribution in [0.15, 0.2) is 70.5 Å². The Morgan fingerprint density at radius 2 is 1.50 bits per heavy atom. The number of carbonyl (C=O) groups excluding carboxylic acids is 1. The van der Waals surface area contributed by atoms with Crippen molar-refractivity contribution in [1.29, 1.82) is 0 Å². The fraction of sp³-hybridized carbons (Fsp3) is 0.235. The maximum absolute atomic E-state index is 11.0. The van der Waals surface area contributed by atoms with Crippen LogP contribution in [-0.4, -0.2) is 16.8 Å². The molecular formula is C17H18OS2. The van der Waals surface area contributed by atoms with E-state index in [-0.39, 0.29) is 4.75 Å². The van der Waals surface area contributed by atoms with Crippen LogP contribution in [0, 0.1) is 0 Å². The SMILES string of the molecule is CC(CC=O)(CSc1ccccc1)Sc1ccccc1. The lowest BCUT2D eigenvalue weighted by atomic mass is 10.1. The van der Waals surface area contributed by atoms with Crippen molar-refractivity contribution in [2.45, 2.75) is 27.9 Å². The van der Waals surface area contributed by atoms with Gasteiger partial charge in [0.25, 0.3) is 0 Å². The van der Waals surface area contributed by atoms with Crippen LogP contribution in [0.25, 0.3) is 0 Å². The van der Waals surface area contributed by atoms with Gasteiger partial charge in [-0.25, -0.2) is 0 Å². The largest absolute Gasteiger partial charge is 0.303 e. The van der Waals surface area contributed by atoms with E-state index in [1.54, 1.807) is 23.5 Å². The number of benzene rings is 2. The van der Waals surface area contributed by atoms with Crippen LogP contribution in [0.5, 0.6) is 0 Å².